The van der Waals surface area contributed by atoms with E-state index in [9.17, 15) is 4.79 Å². The number of nitrogens with one attached hydrogen (secondary N) is 1. The number of carbonyl (C=O) groups is 1. The SMILES string of the molecule is COc1ccc2c(c1)NC(=O)C[C@@H]2C. The van der Waals surface area contributed by atoms with Gasteiger partial charge in [0.25, 0.3) is 0 Å². The molecular formula is C11H13NO2. The molecule has 0 saturated carbocycles. The number of ether oxygens (including phenoxy) is 1. The molecule has 0 unspecified atom stereocenters. The lowest BCUT2D eigenvalue weighted by molar-refractivity contribution is -0.116. The highest BCUT2D eigenvalue weighted by Gasteiger charge is 2.21. The summed E-state index contributed by atoms with van der Waals surface area (Å²) in [6, 6.07) is 5.80. The summed E-state index contributed by atoms with van der Waals surface area (Å²) < 4.78 is 5.10. The van der Waals surface area contributed by atoms with Gasteiger partial charge in [-0.15, -0.1) is 0 Å². The van der Waals surface area contributed by atoms with E-state index >= 15 is 0 Å². The minimum Gasteiger partial charge on any atom is -0.497 e. The fourth-order valence-corrected chi connectivity index (χ4v) is 1.79. The first kappa shape index (κ1) is 9.06. The van der Waals surface area contributed by atoms with Gasteiger partial charge in [0.2, 0.25) is 5.91 Å². The van der Waals surface area contributed by atoms with E-state index in [0.29, 0.717) is 12.3 Å². The first-order valence-electron chi connectivity index (χ1n) is 4.68. The van der Waals surface area contributed by atoms with Gasteiger partial charge in [-0.2, -0.15) is 0 Å². The van der Waals surface area contributed by atoms with Crippen molar-refractivity contribution >= 4 is 11.6 Å². The van der Waals surface area contributed by atoms with Crippen LogP contribution in [0, 0.1) is 0 Å². The Bertz CT molecular complexity index is 374. The molecule has 1 atom stereocenters. The van der Waals surface area contributed by atoms with Gasteiger partial charge in [-0.05, 0) is 17.5 Å². The van der Waals surface area contributed by atoms with Crippen molar-refractivity contribution < 1.29 is 9.53 Å². The number of rotatable bonds is 1. The van der Waals surface area contributed by atoms with Crippen molar-refractivity contribution in [3.05, 3.63) is 23.8 Å². The first-order valence-corrected chi connectivity index (χ1v) is 4.68. The largest absolute Gasteiger partial charge is 0.497 e. The van der Waals surface area contributed by atoms with Crippen LogP contribution in [0.2, 0.25) is 0 Å². The fourth-order valence-electron chi connectivity index (χ4n) is 1.79. The fraction of sp³-hybridized carbons (Fsp3) is 0.364. The number of hydrogen-bond donors (Lipinski definition) is 1. The van der Waals surface area contributed by atoms with E-state index in [1.165, 1.54) is 5.56 Å². The van der Waals surface area contributed by atoms with Crippen molar-refractivity contribution in [2.24, 2.45) is 0 Å². The average Bonchev–Trinajstić information content (AvgIpc) is 2.16. The molecule has 0 spiro atoms. The number of amides is 1. The molecular weight excluding hydrogens is 178 g/mol. The van der Waals surface area contributed by atoms with Crippen LogP contribution < -0.4 is 10.1 Å². The van der Waals surface area contributed by atoms with Crippen molar-refractivity contribution in [3.63, 3.8) is 0 Å². The zero-order valence-electron chi connectivity index (χ0n) is 8.33. The predicted molar refractivity (Wildman–Crippen MR) is 54.7 cm³/mol. The molecule has 1 N–H and O–H groups in total. The van der Waals surface area contributed by atoms with Crippen LogP contribution in [0.3, 0.4) is 0 Å². The van der Waals surface area contributed by atoms with Crippen molar-refractivity contribution in [3.8, 4) is 5.75 Å². The van der Waals surface area contributed by atoms with E-state index in [2.05, 4.69) is 12.2 Å². The molecule has 3 nitrogen and oxygen atoms in total. The van der Waals surface area contributed by atoms with E-state index in [4.69, 9.17) is 4.74 Å². The Morgan fingerprint density at radius 3 is 3.00 bits per heavy atom. The van der Waals surface area contributed by atoms with Crippen LogP contribution in [0.25, 0.3) is 0 Å². The minimum absolute atomic E-state index is 0.0817. The zero-order chi connectivity index (χ0) is 10.1. The van der Waals surface area contributed by atoms with E-state index in [-0.39, 0.29) is 5.91 Å². The lowest BCUT2D eigenvalue weighted by Gasteiger charge is -2.22. The van der Waals surface area contributed by atoms with Gasteiger partial charge in [0.15, 0.2) is 0 Å². The molecule has 14 heavy (non-hydrogen) atoms. The van der Waals surface area contributed by atoms with Crippen LogP contribution >= 0.6 is 0 Å². The molecule has 1 aliphatic rings. The molecule has 74 valence electrons. The summed E-state index contributed by atoms with van der Waals surface area (Å²) in [4.78, 5) is 11.3. The molecule has 1 heterocycles. The Morgan fingerprint density at radius 1 is 1.50 bits per heavy atom. The number of carbonyl (C=O) groups excluding carboxylic acids is 1. The second-order valence-corrected chi connectivity index (χ2v) is 3.61. The summed E-state index contributed by atoms with van der Waals surface area (Å²) in [5.41, 5.74) is 2.07. The lowest BCUT2D eigenvalue weighted by atomic mass is 9.92. The predicted octanol–water partition coefficient (Wildman–Crippen LogP) is 2.14. The van der Waals surface area contributed by atoms with E-state index in [0.717, 1.165) is 11.4 Å². The van der Waals surface area contributed by atoms with Crippen molar-refractivity contribution in [2.45, 2.75) is 19.3 Å². The maximum Gasteiger partial charge on any atom is 0.224 e. The second-order valence-electron chi connectivity index (χ2n) is 3.61. The summed E-state index contributed by atoms with van der Waals surface area (Å²) in [5, 5.41) is 2.85. The summed E-state index contributed by atoms with van der Waals surface area (Å²) in [6.07, 6.45) is 0.569. The molecule has 0 saturated heterocycles. The molecule has 1 aromatic carbocycles. The summed E-state index contributed by atoms with van der Waals surface area (Å²) in [6.45, 7) is 2.06. The number of anilines is 1. The van der Waals surface area contributed by atoms with E-state index in [1.807, 2.05) is 18.2 Å². The Labute approximate surface area is 83.1 Å². The monoisotopic (exact) mass is 191 g/mol. The molecule has 2 rings (SSSR count). The number of methoxy groups -OCH3 is 1. The molecule has 0 aromatic heterocycles. The smallest absolute Gasteiger partial charge is 0.224 e. The Kier molecular flexibility index (Phi) is 2.15. The van der Waals surface area contributed by atoms with Crippen LogP contribution in [0.1, 0.15) is 24.8 Å². The number of hydrogen-bond acceptors (Lipinski definition) is 2. The van der Waals surface area contributed by atoms with Gasteiger partial charge in [-0.25, -0.2) is 0 Å². The number of benzene rings is 1. The molecule has 1 amide bonds. The standard InChI is InChI=1S/C11H13NO2/c1-7-5-11(13)12-10-6-8(14-2)3-4-9(7)10/h3-4,6-7H,5H2,1-2H3,(H,12,13)/t7-/m0/s1. The minimum atomic E-state index is 0.0817. The Hall–Kier alpha value is -1.51. The van der Waals surface area contributed by atoms with Crippen molar-refractivity contribution in [2.75, 3.05) is 12.4 Å². The summed E-state index contributed by atoms with van der Waals surface area (Å²) in [7, 11) is 1.62. The van der Waals surface area contributed by atoms with Gasteiger partial charge < -0.3 is 10.1 Å². The third-order valence-corrected chi connectivity index (χ3v) is 2.56. The van der Waals surface area contributed by atoms with E-state index in [1.54, 1.807) is 7.11 Å². The van der Waals surface area contributed by atoms with Crippen LogP contribution in [0.5, 0.6) is 5.75 Å². The van der Waals surface area contributed by atoms with Gasteiger partial charge in [-0.1, -0.05) is 13.0 Å². The highest BCUT2D eigenvalue weighted by atomic mass is 16.5. The van der Waals surface area contributed by atoms with Gasteiger partial charge >= 0.3 is 0 Å². The van der Waals surface area contributed by atoms with Crippen molar-refractivity contribution in [1.82, 2.24) is 0 Å². The van der Waals surface area contributed by atoms with Gasteiger partial charge in [-0.3, -0.25) is 4.79 Å². The molecule has 0 aliphatic carbocycles. The Morgan fingerprint density at radius 2 is 2.29 bits per heavy atom. The lowest BCUT2D eigenvalue weighted by Crippen LogP contribution is -2.21. The van der Waals surface area contributed by atoms with Crippen LogP contribution in [0.15, 0.2) is 18.2 Å². The molecule has 1 aromatic rings. The van der Waals surface area contributed by atoms with Crippen molar-refractivity contribution in [1.29, 1.82) is 0 Å². The third-order valence-electron chi connectivity index (χ3n) is 2.56. The maximum absolute atomic E-state index is 11.3. The number of fused-ring (bicyclic) bond motifs is 1. The highest BCUT2D eigenvalue weighted by Crippen LogP contribution is 2.33. The molecule has 3 heteroatoms. The zero-order valence-corrected chi connectivity index (χ0v) is 8.33. The summed E-state index contributed by atoms with van der Waals surface area (Å²) >= 11 is 0. The summed E-state index contributed by atoms with van der Waals surface area (Å²) in [5.74, 6) is 1.15. The molecule has 0 fully saturated rings. The molecule has 0 radical (unpaired) electrons. The quantitative estimate of drug-likeness (QED) is 0.738. The average molecular weight is 191 g/mol. The maximum atomic E-state index is 11.3. The van der Waals surface area contributed by atoms with Gasteiger partial charge in [0, 0.05) is 18.2 Å². The topological polar surface area (TPSA) is 38.3 Å². The van der Waals surface area contributed by atoms with Gasteiger partial charge in [0.1, 0.15) is 5.75 Å². The first-order chi connectivity index (χ1) is 6.70. The van der Waals surface area contributed by atoms with Gasteiger partial charge in [0.05, 0.1) is 7.11 Å². The van der Waals surface area contributed by atoms with E-state index < -0.39 is 0 Å². The Balaban J connectivity index is 2.43. The van der Waals surface area contributed by atoms with Crippen LogP contribution in [0.4, 0.5) is 5.69 Å². The molecule has 1 aliphatic heterocycles. The normalized spacial score (nSPS) is 19.9. The van der Waals surface area contributed by atoms with Crippen LogP contribution in [-0.4, -0.2) is 13.0 Å². The highest BCUT2D eigenvalue weighted by molar-refractivity contribution is 5.94. The van der Waals surface area contributed by atoms with Crippen LogP contribution in [-0.2, 0) is 4.79 Å². The second kappa shape index (κ2) is 3.33. The third kappa shape index (κ3) is 1.45. The molecule has 0 bridgehead atoms.